The van der Waals surface area contributed by atoms with E-state index in [1.165, 1.54) is 11.1 Å². The van der Waals surface area contributed by atoms with E-state index in [1.54, 1.807) is 0 Å². The van der Waals surface area contributed by atoms with Gasteiger partial charge in [-0.25, -0.2) is 0 Å². The molecule has 3 heterocycles. The second kappa shape index (κ2) is 10.8. The van der Waals surface area contributed by atoms with Crippen molar-refractivity contribution < 1.29 is 14.1 Å². The fraction of sp³-hybridized carbons (Fsp3) is 0.607. The molecule has 1 unspecified atom stereocenters. The van der Waals surface area contributed by atoms with Crippen LogP contribution in [0.25, 0.3) is 5.57 Å². The van der Waals surface area contributed by atoms with Crippen LogP contribution in [0.2, 0.25) is 0 Å². The fourth-order valence-corrected chi connectivity index (χ4v) is 5.38. The number of hydrogen-bond acceptors (Lipinski definition) is 6. The summed E-state index contributed by atoms with van der Waals surface area (Å²) in [5.41, 5.74) is 2.61. The summed E-state index contributed by atoms with van der Waals surface area (Å²) in [6.45, 7) is 8.62. The maximum atomic E-state index is 12.7. The van der Waals surface area contributed by atoms with Gasteiger partial charge < -0.3 is 19.1 Å². The normalized spacial score (nSPS) is 21.5. The topological polar surface area (TPSA) is 71.7 Å². The number of piperidine rings is 1. The van der Waals surface area contributed by atoms with Gasteiger partial charge in [-0.15, -0.1) is 0 Å². The lowest BCUT2D eigenvalue weighted by atomic mass is 9.86. The van der Waals surface area contributed by atoms with Crippen molar-refractivity contribution in [3.05, 3.63) is 41.7 Å². The van der Waals surface area contributed by atoms with E-state index in [-0.39, 0.29) is 11.8 Å². The van der Waals surface area contributed by atoms with E-state index in [1.807, 2.05) is 0 Å². The number of aromatic nitrogens is 2. The van der Waals surface area contributed by atoms with E-state index in [0.29, 0.717) is 17.8 Å². The van der Waals surface area contributed by atoms with Crippen LogP contribution in [0.1, 0.15) is 76.1 Å². The first-order chi connectivity index (χ1) is 17.1. The van der Waals surface area contributed by atoms with Crippen LogP contribution in [0, 0.1) is 11.8 Å². The second-order valence-corrected chi connectivity index (χ2v) is 10.6. The molecule has 2 saturated heterocycles. The molecule has 0 bridgehead atoms. The molecule has 0 N–H and O–H groups in total. The first kappa shape index (κ1) is 23.9. The minimum atomic E-state index is 0.169. The van der Waals surface area contributed by atoms with Crippen LogP contribution in [-0.2, 0) is 4.79 Å². The highest BCUT2D eigenvalue weighted by molar-refractivity contribution is 5.81. The van der Waals surface area contributed by atoms with E-state index >= 15 is 0 Å². The number of allylic oxidation sites excluding steroid dienone is 2. The summed E-state index contributed by atoms with van der Waals surface area (Å²) in [6, 6.07) is 9.13. The third-order valence-electron chi connectivity index (χ3n) is 7.72. The average molecular weight is 479 g/mol. The van der Waals surface area contributed by atoms with Gasteiger partial charge in [0, 0.05) is 38.0 Å². The number of carbonyl (C=O) groups excluding carboxylic acids is 1. The molecule has 1 aromatic heterocycles. The Morgan fingerprint density at radius 3 is 2.46 bits per heavy atom. The molecule has 35 heavy (non-hydrogen) atoms. The summed E-state index contributed by atoms with van der Waals surface area (Å²) in [5.74, 6) is 3.04. The highest BCUT2D eigenvalue weighted by Gasteiger charge is 2.28. The van der Waals surface area contributed by atoms with Gasteiger partial charge >= 0.3 is 6.01 Å². The first-order valence-electron chi connectivity index (χ1n) is 13.4. The molecule has 0 saturated carbocycles. The number of amides is 1. The highest BCUT2D eigenvalue weighted by Crippen LogP contribution is 2.33. The summed E-state index contributed by atoms with van der Waals surface area (Å²) in [6.07, 6.45) is 9.51. The molecule has 5 rings (SSSR count). The number of hydrogen-bond donors (Lipinski definition) is 0. The van der Waals surface area contributed by atoms with Gasteiger partial charge in [0.2, 0.25) is 5.91 Å². The van der Waals surface area contributed by atoms with Crippen molar-refractivity contribution in [2.45, 2.75) is 64.7 Å². The molecular weight excluding hydrogens is 440 g/mol. The summed E-state index contributed by atoms with van der Waals surface area (Å²) in [5, 5.41) is 4.08. The van der Waals surface area contributed by atoms with Crippen molar-refractivity contribution in [2.75, 3.05) is 37.7 Å². The quantitative estimate of drug-likeness (QED) is 0.538. The summed E-state index contributed by atoms with van der Waals surface area (Å²) in [7, 11) is 0. The Morgan fingerprint density at radius 2 is 1.83 bits per heavy atom. The van der Waals surface area contributed by atoms with Crippen molar-refractivity contribution in [3.8, 4) is 5.75 Å². The van der Waals surface area contributed by atoms with Gasteiger partial charge in [0.05, 0.1) is 6.61 Å². The number of benzene rings is 1. The van der Waals surface area contributed by atoms with Crippen LogP contribution in [0.15, 0.2) is 34.9 Å². The van der Waals surface area contributed by atoms with E-state index in [0.717, 1.165) is 89.3 Å². The average Bonchev–Trinajstić information content (AvgIpc) is 3.61. The maximum absolute atomic E-state index is 12.7. The SMILES string of the molecule is CC(C)c1noc(N2CCC(COc3ccc(C4=CCC(C(=O)N5CCCC5)CC4)cc3)CC2)n1. The highest BCUT2D eigenvalue weighted by atomic mass is 16.5. The number of carbonyl (C=O) groups is 1. The molecule has 2 aromatic rings. The van der Waals surface area contributed by atoms with Gasteiger partial charge in [0.25, 0.3) is 0 Å². The van der Waals surface area contributed by atoms with Crippen LogP contribution in [0.5, 0.6) is 5.75 Å². The molecule has 0 radical (unpaired) electrons. The van der Waals surface area contributed by atoms with Crippen molar-refractivity contribution in [3.63, 3.8) is 0 Å². The molecule has 3 aliphatic rings. The van der Waals surface area contributed by atoms with Gasteiger partial charge in [-0.2, -0.15) is 4.98 Å². The Morgan fingerprint density at radius 1 is 1.09 bits per heavy atom. The molecule has 7 nitrogen and oxygen atoms in total. The lowest BCUT2D eigenvalue weighted by molar-refractivity contribution is -0.134. The molecule has 1 aliphatic carbocycles. The molecule has 1 atom stereocenters. The van der Waals surface area contributed by atoms with Crippen molar-refractivity contribution in [1.29, 1.82) is 0 Å². The third-order valence-corrected chi connectivity index (χ3v) is 7.72. The van der Waals surface area contributed by atoms with E-state index in [2.05, 4.69) is 64.1 Å². The lowest BCUT2D eigenvalue weighted by Crippen LogP contribution is -2.35. The van der Waals surface area contributed by atoms with Crippen LogP contribution in [0.3, 0.4) is 0 Å². The van der Waals surface area contributed by atoms with Gasteiger partial charge in [0.1, 0.15) is 5.75 Å². The van der Waals surface area contributed by atoms with Crippen LogP contribution in [0.4, 0.5) is 6.01 Å². The number of anilines is 1. The number of nitrogens with zero attached hydrogens (tertiary/aromatic N) is 4. The minimum Gasteiger partial charge on any atom is -0.493 e. The van der Waals surface area contributed by atoms with Crippen molar-refractivity contribution >= 4 is 17.5 Å². The number of likely N-dealkylation sites (tertiary alicyclic amines) is 1. The molecule has 2 fully saturated rings. The van der Waals surface area contributed by atoms with Crippen LogP contribution < -0.4 is 9.64 Å². The zero-order chi connectivity index (χ0) is 24.2. The third kappa shape index (κ3) is 5.71. The molecule has 1 aromatic carbocycles. The monoisotopic (exact) mass is 478 g/mol. The minimum absolute atomic E-state index is 0.169. The van der Waals surface area contributed by atoms with E-state index < -0.39 is 0 Å². The van der Waals surface area contributed by atoms with Crippen LogP contribution in [-0.4, -0.2) is 53.7 Å². The Hall–Kier alpha value is -2.83. The number of rotatable bonds is 7. The van der Waals surface area contributed by atoms with Gasteiger partial charge in [-0.05, 0) is 74.1 Å². The maximum Gasteiger partial charge on any atom is 0.324 e. The zero-order valence-corrected chi connectivity index (χ0v) is 21.1. The molecule has 0 spiro atoms. The Labute approximate surface area is 208 Å². The smallest absolute Gasteiger partial charge is 0.324 e. The van der Waals surface area contributed by atoms with Gasteiger partial charge in [0.15, 0.2) is 5.82 Å². The van der Waals surface area contributed by atoms with Crippen molar-refractivity contribution in [2.24, 2.45) is 11.8 Å². The molecule has 188 valence electrons. The summed E-state index contributed by atoms with van der Waals surface area (Å²) < 4.78 is 11.6. The largest absolute Gasteiger partial charge is 0.493 e. The van der Waals surface area contributed by atoms with Crippen LogP contribution >= 0.6 is 0 Å². The molecule has 7 heteroatoms. The first-order valence-corrected chi connectivity index (χ1v) is 13.4. The summed E-state index contributed by atoms with van der Waals surface area (Å²) in [4.78, 5) is 21.4. The van der Waals surface area contributed by atoms with E-state index in [4.69, 9.17) is 9.26 Å². The summed E-state index contributed by atoms with van der Waals surface area (Å²) >= 11 is 0. The fourth-order valence-electron chi connectivity index (χ4n) is 5.38. The standard InChI is InChI=1S/C28H38N4O3/c1-20(2)26-29-28(35-30-26)32-17-13-21(14-18-32)19-34-25-11-9-23(10-12-25)22-5-7-24(8-6-22)27(33)31-15-3-4-16-31/h5,9-12,20-21,24H,3-4,6-8,13-19H2,1-2H3. The lowest BCUT2D eigenvalue weighted by Gasteiger charge is -2.30. The second-order valence-electron chi connectivity index (χ2n) is 10.6. The van der Waals surface area contributed by atoms with E-state index in [9.17, 15) is 4.79 Å². The number of ether oxygens (including phenoxy) is 1. The molecule has 1 amide bonds. The Kier molecular flexibility index (Phi) is 7.40. The van der Waals surface area contributed by atoms with Gasteiger partial charge in [-0.1, -0.05) is 37.2 Å². The zero-order valence-electron chi connectivity index (χ0n) is 21.1. The Bertz CT molecular complexity index is 1020. The molecular formula is C28H38N4O3. The molecule has 2 aliphatic heterocycles. The van der Waals surface area contributed by atoms with Gasteiger partial charge in [-0.3, -0.25) is 4.79 Å². The van der Waals surface area contributed by atoms with Crippen molar-refractivity contribution in [1.82, 2.24) is 15.0 Å². The predicted octanol–water partition coefficient (Wildman–Crippen LogP) is 5.29. The Balaban J connectivity index is 1.07. The predicted molar refractivity (Wildman–Crippen MR) is 136 cm³/mol.